The Hall–Kier alpha value is -4.72. The molecule has 5 aromatic rings. The van der Waals surface area contributed by atoms with Crippen LogP contribution in [0.5, 0.6) is 0 Å². The van der Waals surface area contributed by atoms with Crippen LogP contribution in [0.2, 0.25) is 0 Å². The third-order valence-corrected chi connectivity index (χ3v) is 5.89. The van der Waals surface area contributed by atoms with Gasteiger partial charge in [0.2, 0.25) is 5.89 Å². The monoisotopic (exact) mass is 467 g/mol. The van der Waals surface area contributed by atoms with Gasteiger partial charge in [-0.2, -0.15) is 0 Å². The topological polar surface area (TPSA) is 98.7 Å². The lowest BCUT2D eigenvalue weighted by molar-refractivity contribution is -0.384. The molecule has 0 saturated heterocycles. The van der Waals surface area contributed by atoms with Crippen molar-refractivity contribution >= 4 is 39.2 Å². The highest BCUT2D eigenvalue weighted by Gasteiger charge is 2.13. The number of benzene rings is 4. The van der Waals surface area contributed by atoms with E-state index in [1.54, 1.807) is 30.3 Å². The summed E-state index contributed by atoms with van der Waals surface area (Å²) in [5.74, 6) is 0.0492. The quantitative estimate of drug-likeness (QED) is 0.172. The second-order valence-electron chi connectivity index (χ2n) is 8.22. The first kappa shape index (κ1) is 22.1. The van der Waals surface area contributed by atoms with Gasteiger partial charge in [0.1, 0.15) is 5.52 Å². The van der Waals surface area contributed by atoms with Crippen LogP contribution in [0.15, 0.2) is 83.3 Å². The fourth-order valence-electron chi connectivity index (χ4n) is 3.98. The summed E-state index contributed by atoms with van der Waals surface area (Å²) in [6, 6.07) is 23.8. The number of anilines is 1. The lowest BCUT2D eigenvalue weighted by atomic mass is 10.1. The van der Waals surface area contributed by atoms with E-state index in [2.05, 4.69) is 16.0 Å². The van der Waals surface area contributed by atoms with E-state index in [0.717, 1.165) is 27.6 Å². The van der Waals surface area contributed by atoms with E-state index in [9.17, 15) is 14.9 Å². The second-order valence-corrected chi connectivity index (χ2v) is 8.22. The van der Waals surface area contributed by atoms with E-state index in [4.69, 9.17) is 9.15 Å². The van der Waals surface area contributed by atoms with Crippen LogP contribution in [-0.2, 0) is 11.3 Å². The fraction of sp³-hybridized carbons (Fsp3) is 0.111. The van der Waals surface area contributed by atoms with Gasteiger partial charge in [-0.1, -0.05) is 24.3 Å². The molecule has 1 aromatic heterocycles. The third kappa shape index (κ3) is 4.41. The summed E-state index contributed by atoms with van der Waals surface area (Å²) >= 11 is 0. The van der Waals surface area contributed by atoms with Gasteiger partial charge in [-0.05, 0) is 58.8 Å². The number of rotatable bonds is 6. The maximum Gasteiger partial charge on any atom is 0.337 e. The number of aromatic nitrogens is 1. The van der Waals surface area contributed by atoms with Gasteiger partial charge in [0.05, 0.1) is 17.6 Å². The number of nitrogens with zero attached hydrogens (tertiary/aromatic N) is 3. The predicted molar refractivity (Wildman–Crippen MR) is 133 cm³/mol. The Morgan fingerprint density at radius 2 is 1.74 bits per heavy atom. The van der Waals surface area contributed by atoms with Crippen molar-refractivity contribution < 1.29 is 18.9 Å². The SMILES string of the molecule is COC(=O)c1ccc2nc(-c3ccc4cc(N(C)Cc5ccc([N+](=O)[O-])cc5)ccc4c3)oc2c1. The highest BCUT2D eigenvalue weighted by Crippen LogP contribution is 2.30. The maximum absolute atomic E-state index is 11.8. The van der Waals surface area contributed by atoms with Gasteiger partial charge in [0, 0.05) is 37.0 Å². The first-order valence-electron chi connectivity index (χ1n) is 10.9. The van der Waals surface area contributed by atoms with Crippen LogP contribution in [0.3, 0.4) is 0 Å². The average Bonchev–Trinajstić information content (AvgIpc) is 3.31. The zero-order chi connectivity index (χ0) is 24.5. The van der Waals surface area contributed by atoms with Gasteiger partial charge in [0.15, 0.2) is 5.58 Å². The van der Waals surface area contributed by atoms with E-state index < -0.39 is 10.9 Å². The minimum Gasteiger partial charge on any atom is -0.465 e. The highest BCUT2D eigenvalue weighted by atomic mass is 16.6. The number of carbonyl (C=O) groups is 1. The zero-order valence-electron chi connectivity index (χ0n) is 19.1. The Morgan fingerprint density at radius 3 is 2.49 bits per heavy atom. The number of non-ortho nitro benzene ring substituents is 1. The van der Waals surface area contributed by atoms with Gasteiger partial charge in [-0.3, -0.25) is 10.1 Å². The Balaban J connectivity index is 1.38. The number of oxazole rings is 1. The molecule has 1 heterocycles. The third-order valence-electron chi connectivity index (χ3n) is 5.89. The van der Waals surface area contributed by atoms with Gasteiger partial charge in [-0.15, -0.1) is 0 Å². The van der Waals surface area contributed by atoms with Crippen LogP contribution >= 0.6 is 0 Å². The Morgan fingerprint density at radius 1 is 1.00 bits per heavy atom. The number of nitro benzene ring substituents is 1. The molecule has 0 amide bonds. The van der Waals surface area contributed by atoms with Crippen LogP contribution in [0.25, 0.3) is 33.3 Å². The fourth-order valence-corrected chi connectivity index (χ4v) is 3.98. The molecule has 0 aliphatic carbocycles. The molecule has 0 aliphatic heterocycles. The molecule has 5 rings (SSSR count). The molecule has 8 heteroatoms. The van der Waals surface area contributed by atoms with E-state index in [1.165, 1.54) is 19.2 Å². The molecule has 0 spiro atoms. The molecule has 8 nitrogen and oxygen atoms in total. The van der Waals surface area contributed by atoms with Crippen molar-refractivity contribution in [2.24, 2.45) is 0 Å². The predicted octanol–water partition coefficient (Wildman–Crippen LogP) is 5.98. The second kappa shape index (κ2) is 8.90. The summed E-state index contributed by atoms with van der Waals surface area (Å²) < 4.78 is 10.7. The van der Waals surface area contributed by atoms with Crippen LogP contribution < -0.4 is 4.90 Å². The lowest BCUT2D eigenvalue weighted by Gasteiger charge is -2.20. The summed E-state index contributed by atoms with van der Waals surface area (Å²) in [6.07, 6.45) is 0. The standard InChI is InChI=1S/C27H21N3O5/c1-29(16-17-3-9-22(10-4-17)30(32)33)23-11-7-18-13-20(6-5-19(18)14-23)26-28-24-12-8-21(27(31)34-2)15-25(24)35-26/h3-15H,16H2,1-2H3. The molecule has 0 saturated carbocycles. The molecule has 0 aliphatic rings. The summed E-state index contributed by atoms with van der Waals surface area (Å²) in [6.45, 7) is 0.623. The summed E-state index contributed by atoms with van der Waals surface area (Å²) in [5, 5.41) is 13.0. The van der Waals surface area contributed by atoms with E-state index in [1.807, 2.05) is 37.4 Å². The van der Waals surface area contributed by atoms with Crippen molar-refractivity contribution in [1.82, 2.24) is 4.98 Å². The first-order valence-corrected chi connectivity index (χ1v) is 10.9. The van der Waals surface area contributed by atoms with Crippen LogP contribution in [-0.4, -0.2) is 30.0 Å². The number of methoxy groups -OCH3 is 1. The lowest BCUT2D eigenvalue weighted by Crippen LogP contribution is -2.16. The first-order chi connectivity index (χ1) is 16.9. The maximum atomic E-state index is 11.8. The van der Waals surface area contributed by atoms with Gasteiger partial charge in [-0.25, -0.2) is 9.78 Å². The van der Waals surface area contributed by atoms with E-state index in [0.29, 0.717) is 29.1 Å². The number of esters is 1. The van der Waals surface area contributed by atoms with Crippen LogP contribution in [0.4, 0.5) is 11.4 Å². The zero-order valence-corrected chi connectivity index (χ0v) is 19.1. The van der Waals surface area contributed by atoms with Crippen molar-refractivity contribution in [3.05, 3.63) is 100 Å². The van der Waals surface area contributed by atoms with E-state index in [-0.39, 0.29) is 5.69 Å². The Labute approximate surface area is 200 Å². The molecule has 0 radical (unpaired) electrons. The van der Waals surface area contributed by atoms with Crippen molar-refractivity contribution in [2.75, 3.05) is 19.1 Å². The van der Waals surface area contributed by atoms with E-state index >= 15 is 0 Å². The molecular weight excluding hydrogens is 446 g/mol. The van der Waals surface area contributed by atoms with Crippen molar-refractivity contribution in [3.8, 4) is 11.5 Å². The molecule has 174 valence electrons. The highest BCUT2D eigenvalue weighted by molar-refractivity contribution is 5.94. The van der Waals surface area contributed by atoms with Crippen molar-refractivity contribution in [3.63, 3.8) is 0 Å². The minimum absolute atomic E-state index is 0.0840. The smallest absolute Gasteiger partial charge is 0.337 e. The number of carbonyl (C=O) groups excluding carboxylic acids is 1. The molecule has 0 N–H and O–H groups in total. The van der Waals surface area contributed by atoms with Gasteiger partial charge in [0.25, 0.3) is 5.69 Å². The summed E-state index contributed by atoms with van der Waals surface area (Å²) in [4.78, 5) is 28.9. The normalized spacial score (nSPS) is 11.0. The van der Waals surface area contributed by atoms with Crippen LogP contribution in [0.1, 0.15) is 15.9 Å². The van der Waals surface area contributed by atoms with Gasteiger partial charge >= 0.3 is 5.97 Å². The molecule has 0 fully saturated rings. The summed E-state index contributed by atoms with van der Waals surface area (Å²) in [7, 11) is 3.32. The molecule has 0 bridgehead atoms. The van der Waals surface area contributed by atoms with Crippen molar-refractivity contribution in [2.45, 2.75) is 6.54 Å². The van der Waals surface area contributed by atoms with Gasteiger partial charge < -0.3 is 14.1 Å². The number of hydrogen-bond donors (Lipinski definition) is 0. The minimum atomic E-state index is -0.426. The number of nitro groups is 1. The van der Waals surface area contributed by atoms with Crippen molar-refractivity contribution in [1.29, 1.82) is 0 Å². The summed E-state index contributed by atoms with van der Waals surface area (Å²) in [5.41, 5.74) is 4.52. The molecular formula is C27H21N3O5. The average molecular weight is 467 g/mol. The molecule has 0 atom stereocenters. The largest absolute Gasteiger partial charge is 0.465 e. The number of hydrogen-bond acceptors (Lipinski definition) is 7. The molecule has 0 unspecified atom stereocenters. The molecule has 4 aromatic carbocycles. The number of fused-ring (bicyclic) bond motifs is 2. The molecule has 35 heavy (non-hydrogen) atoms. The Kier molecular flexibility index (Phi) is 5.62. The van der Waals surface area contributed by atoms with Crippen LogP contribution in [0, 0.1) is 10.1 Å². The Bertz CT molecular complexity index is 1570. The number of ether oxygens (including phenoxy) is 1.